The van der Waals surface area contributed by atoms with Gasteiger partial charge in [0.1, 0.15) is 6.61 Å². The van der Waals surface area contributed by atoms with Gasteiger partial charge in [-0.25, -0.2) is 8.78 Å². The normalized spacial score (nSPS) is 12.9. The van der Waals surface area contributed by atoms with Crippen molar-refractivity contribution in [1.82, 2.24) is 5.32 Å². The maximum atomic E-state index is 11.8. The molecule has 0 radical (unpaired) electrons. The Kier molecular flexibility index (Phi) is 6.20. The highest BCUT2D eigenvalue weighted by atomic mass is 19.3. The summed E-state index contributed by atoms with van der Waals surface area (Å²) in [4.78, 5) is 0. The fourth-order valence-electron chi connectivity index (χ4n) is 0.956. The molecule has 0 aliphatic heterocycles. The average molecular weight is 209 g/mol. The number of alkyl halides is 2. The second-order valence-electron chi connectivity index (χ2n) is 4.61. The van der Waals surface area contributed by atoms with Gasteiger partial charge in [0.2, 0.25) is 0 Å². The van der Waals surface area contributed by atoms with E-state index in [0.29, 0.717) is 12.6 Å². The molecule has 0 aromatic carbocycles. The maximum absolute atomic E-state index is 11.8. The lowest BCUT2D eigenvalue weighted by atomic mass is 9.94. The Morgan fingerprint density at radius 3 is 2.29 bits per heavy atom. The molecule has 0 saturated heterocycles. The molecular formula is C10H21F2NO. The summed E-state index contributed by atoms with van der Waals surface area (Å²) in [6, 6.07) is 0.407. The van der Waals surface area contributed by atoms with Crippen molar-refractivity contribution in [1.29, 1.82) is 0 Å². The van der Waals surface area contributed by atoms with Crippen LogP contribution in [0.1, 0.15) is 27.7 Å². The lowest BCUT2D eigenvalue weighted by molar-refractivity contribution is -0.0125. The Bertz CT molecular complexity index is 149. The average Bonchev–Trinajstić information content (AvgIpc) is 2.00. The van der Waals surface area contributed by atoms with Crippen molar-refractivity contribution in [2.75, 3.05) is 19.8 Å². The highest BCUT2D eigenvalue weighted by Crippen LogP contribution is 2.14. The minimum absolute atomic E-state index is 0.0981. The summed E-state index contributed by atoms with van der Waals surface area (Å²) in [5.74, 6) is 0. The van der Waals surface area contributed by atoms with E-state index in [-0.39, 0.29) is 5.41 Å². The predicted molar refractivity (Wildman–Crippen MR) is 53.7 cm³/mol. The van der Waals surface area contributed by atoms with Crippen LogP contribution in [0.2, 0.25) is 0 Å². The van der Waals surface area contributed by atoms with Crippen LogP contribution in [-0.2, 0) is 4.74 Å². The third kappa shape index (κ3) is 8.38. The number of hydrogen-bond acceptors (Lipinski definition) is 2. The first-order valence-corrected chi connectivity index (χ1v) is 4.93. The predicted octanol–water partition coefficient (Wildman–Crippen LogP) is 2.29. The van der Waals surface area contributed by atoms with Crippen molar-refractivity contribution in [2.24, 2.45) is 5.41 Å². The highest BCUT2D eigenvalue weighted by molar-refractivity contribution is 4.72. The Morgan fingerprint density at radius 2 is 1.86 bits per heavy atom. The number of rotatable bonds is 7. The van der Waals surface area contributed by atoms with Crippen LogP contribution in [0.15, 0.2) is 0 Å². The zero-order valence-corrected chi connectivity index (χ0v) is 9.44. The molecule has 0 aromatic heterocycles. The number of nitrogens with one attached hydrogen (secondary N) is 1. The standard InChI is InChI=1S/C10H21F2NO/c1-8(2)13-6-10(3,4)7-14-5-9(11)12/h8-9,13H,5-7H2,1-4H3. The summed E-state index contributed by atoms with van der Waals surface area (Å²) in [5.41, 5.74) is -0.0981. The van der Waals surface area contributed by atoms with Gasteiger partial charge in [-0.05, 0) is 0 Å². The van der Waals surface area contributed by atoms with Crippen LogP contribution in [0.3, 0.4) is 0 Å². The summed E-state index contributed by atoms with van der Waals surface area (Å²) in [6.45, 7) is 8.75. The molecule has 1 N–H and O–H groups in total. The van der Waals surface area contributed by atoms with E-state index in [2.05, 4.69) is 19.2 Å². The molecule has 0 amide bonds. The Morgan fingerprint density at radius 1 is 1.29 bits per heavy atom. The van der Waals surface area contributed by atoms with Gasteiger partial charge in [-0.3, -0.25) is 0 Å². The smallest absolute Gasteiger partial charge is 0.261 e. The maximum Gasteiger partial charge on any atom is 0.261 e. The summed E-state index contributed by atoms with van der Waals surface area (Å²) < 4.78 is 28.5. The molecule has 0 aliphatic carbocycles. The molecule has 14 heavy (non-hydrogen) atoms. The second-order valence-corrected chi connectivity index (χ2v) is 4.61. The largest absolute Gasteiger partial charge is 0.375 e. The van der Waals surface area contributed by atoms with Crippen molar-refractivity contribution < 1.29 is 13.5 Å². The van der Waals surface area contributed by atoms with E-state index < -0.39 is 13.0 Å². The van der Waals surface area contributed by atoms with Crippen LogP contribution >= 0.6 is 0 Å². The van der Waals surface area contributed by atoms with E-state index in [9.17, 15) is 8.78 Å². The number of hydrogen-bond donors (Lipinski definition) is 1. The van der Waals surface area contributed by atoms with Crippen molar-refractivity contribution in [3.63, 3.8) is 0 Å². The third-order valence-corrected chi connectivity index (χ3v) is 1.73. The molecule has 0 aromatic rings. The van der Waals surface area contributed by atoms with Gasteiger partial charge in [0.05, 0.1) is 6.61 Å². The Balaban J connectivity index is 3.61. The van der Waals surface area contributed by atoms with Gasteiger partial charge in [0.25, 0.3) is 6.43 Å². The zero-order valence-electron chi connectivity index (χ0n) is 9.44. The Labute approximate surface area is 85.0 Å². The first kappa shape index (κ1) is 13.8. The highest BCUT2D eigenvalue weighted by Gasteiger charge is 2.19. The molecule has 0 unspecified atom stereocenters. The minimum atomic E-state index is -2.37. The number of ether oxygens (including phenoxy) is 1. The fourth-order valence-corrected chi connectivity index (χ4v) is 0.956. The van der Waals surface area contributed by atoms with Gasteiger partial charge in [-0.15, -0.1) is 0 Å². The van der Waals surface area contributed by atoms with Gasteiger partial charge < -0.3 is 10.1 Å². The van der Waals surface area contributed by atoms with Crippen molar-refractivity contribution >= 4 is 0 Å². The van der Waals surface area contributed by atoms with Gasteiger partial charge in [0.15, 0.2) is 0 Å². The van der Waals surface area contributed by atoms with Gasteiger partial charge >= 0.3 is 0 Å². The molecule has 4 heteroatoms. The van der Waals surface area contributed by atoms with Crippen molar-refractivity contribution in [3.05, 3.63) is 0 Å². The zero-order chi connectivity index (χ0) is 11.2. The monoisotopic (exact) mass is 209 g/mol. The molecule has 0 aliphatic rings. The molecule has 2 nitrogen and oxygen atoms in total. The topological polar surface area (TPSA) is 21.3 Å². The lowest BCUT2D eigenvalue weighted by Crippen LogP contribution is -2.37. The summed E-state index contributed by atoms with van der Waals surface area (Å²) in [7, 11) is 0. The molecule has 0 atom stereocenters. The van der Waals surface area contributed by atoms with E-state index in [1.165, 1.54) is 0 Å². The molecule has 0 saturated carbocycles. The van der Waals surface area contributed by atoms with Crippen molar-refractivity contribution in [3.8, 4) is 0 Å². The molecule has 86 valence electrons. The van der Waals surface area contributed by atoms with Crippen LogP contribution in [0.4, 0.5) is 8.78 Å². The summed E-state index contributed by atoms with van der Waals surface area (Å²) in [5, 5.41) is 3.26. The summed E-state index contributed by atoms with van der Waals surface area (Å²) >= 11 is 0. The van der Waals surface area contributed by atoms with Gasteiger partial charge in [0, 0.05) is 18.0 Å². The first-order valence-electron chi connectivity index (χ1n) is 4.93. The SMILES string of the molecule is CC(C)NCC(C)(C)COCC(F)F. The lowest BCUT2D eigenvalue weighted by Gasteiger charge is -2.26. The second kappa shape index (κ2) is 6.30. The van der Waals surface area contributed by atoms with Crippen LogP contribution in [-0.4, -0.2) is 32.2 Å². The quantitative estimate of drug-likeness (QED) is 0.694. The molecular weight excluding hydrogens is 188 g/mol. The van der Waals surface area contributed by atoms with E-state index >= 15 is 0 Å². The van der Waals surface area contributed by atoms with Crippen LogP contribution in [0.25, 0.3) is 0 Å². The molecule has 0 spiro atoms. The fraction of sp³-hybridized carbons (Fsp3) is 1.00. The van der Waals surface area contributed by atoms with E-state index in [1.54, 1.807) is 0 Å². The van der Waals surface area contributed by atoms with Crippen LogP contribution < -0.4 is 5.32 Å². The molecule has 0 rings (SSSR count). The third-order valence-electron chi connectivity index (χ3n) is 1.73. The van der Waals surface area contributed by atoms with Gasteiger partial charge in [-0.1, -0.05) is 27.7 Å². The Hall–Kier alpha value is -0.220. The van der Waals surface area contributed by atoms with E-state index in [4.69, 9.17) is 4.74 Å². The molecule has 0 heterocycles. The molecule has 0 fully saturated rings. The van der Waals surface area contributed by atoms with E-state index in [0.717, 1.165) is 6.54 Å². The van der Waals surface area contributed by atoms with E-state index in [1.807, 2.05) is 13.8 Å². The van der Waals surface area contributed by atoms with Crippen molar-refractivity contribution in [2.45, 2.75) is 40.2 Å². The van der Waals surface area contributed by atoms with Crippen LogP contribution in [0.5, 0.6) is 0 Å². The minimum Gasteiger partial charge on any atom is -0.375 e. The van der Waals surface area contributed by atoms with Gasteiger partial charge in [-0.2, -0.15) is 0 Å². The number of halogens is 2. The van der Waals surface area contributed by atoms with Crippen LogP contribution in [0, 0.1) is 5.41 Å². The molecule has 0 bridgehead atoms. The summed E-state index contributed by atoms with van der Waals surface area (Å²) in [6.07, 6.45) is -2.37. The first-order chi connectivity index (χ1) is 6.33.